The van der Waals surface area contributed by atoms with Crippen LogP contribution in [0.3, 0.4) is 0 Å². The molecule has 0 spiro atoms. The topological polar surface area (TPSA) is 61.6 Å². The molecule has 0 unspecified atom stereocenters. The Hall–Kier alpha value is -1.66. The largest absolute Gasteiger partial charge is 0.367 e. The Morgan fingerprint density at radius 2 is 1.94 bits per heavy atom. The summed E-state index contributed by atoms with van der Waals surface area (Å²) in [6.45, 7) is 3.16. The fourth-order valence-corrected chi connectivity index (χ4v) is 2.10. The minimum absolute atomic E-state index is 0.200. The molecule has 18 heavy (non-hydrogen) atoms. The number of nitrogens with two attached hydrogens (primary N) is 1. The van der Waals surface area contributed by atoms with Crippen molar-refractivity contribution in [3.05, 3.63) is 30.1 Å². The number of nitrogens with zero attached hydrogens (tertiary/aromatic N) is 2. The summed E-state index contributed by atoms with van der Waals surface area (Å²) < 4.78 is 13.6. The van der Waals surface area contributed by atoms with Gasteiger partial charge in [-0.15, -0.1) is 0 Å². The molecule has 0 radical (unpaired) electrons. The number of para-hydroxylation sites is 1. The van der Waals surface area contributed by atoms with Gasteiger partial charge in [-0.1, -0.05) is 12.1 Å². The van der Waals surface area contributed by atoms with Gasteiger partial charge in [0.2, 0.25) is 5.91 Å². The first-order chi connectivity index (χ1) is 8.70. The number of hydrogen-bond donors (Lipinski definition) is 2. The molecule has 0 saturated carbocycles. The van der Waals surface area contributed by atoms with E-state index in [1.807, 2.05) is 15.9 Å². The number of carbonyl (C=O) groups excluding carboxylic acids is 1. The van der Waals surface area contributed by atoms with E-state index in [0.29, 0.717) is 25.3 Å². The predicted octanol–water partition coefficient (Wildman–Crippen LogP) is -0.0624. The molecule has 1 aromatic rings. The van der Waals surface area contributed by atoms with Gasteiger partial charge >= 0.3 is 0 Å². The van der Waals surface area contributed by atoms with E-state index in [0.717, 1.165) is 13.1 Å². The van der Waals surface area contributed by atoms with Crippen molar-refractivity contribution in [2.24, 2.45) is 5.84 Å². The second-order valence-electron chi connectivity index (χ2n) is 4.28. The van der Waals surface area contributed by atoms with E-state index in [1.54, 1.807) is 12.1 Å². The lowest BCUT2D eigenvalue weighted by Crippen LogP contribution is -2.50. The SMILES string of the molecule is NNC(=O)CN1CCN(c2ccccc2F)CC1. The Morgan fingerprint density at radius 1 is 1.28 bits per heavy atom. The maximum Gasteiger partial charge on any atom is 0.248 e. The summed E-state index contributed by atoms with van der Waals surface area (Å²) in [6.07, 6.45) is 0. The first-order valence-electron chi connectivity index (χ1n) is 5.92. The highest BCUT2D eigenvalue weighted by Gasteiger charge is 2.20. The number of halogens is 1. The zero-order valence-corrected chi connectivity index (χ0v) is 10.1. The first-order valence-corrected chi connectivity index (χ1v) is 5.92. The van der Waals surface area contributed by atoms with Crippen molar-refractivity contribution in [1.82, 2.24) is 10.3 Å². The number of piperazine rings is 1. The molecule has 1 aliphatic heterocycles. The Balaban J connectivity index is 1.91. The van der Waals surface area contributed by atoms with Gasteiger partial charge < -0.3 is 4.90 Å². The van der Waals surface area contributed by atoms with Gasteiger partial charge in [-0.3, -0.25) is 15.1 Å². The van der Waals surface area contributed by atoms with E-state index in [2.05, 4.69) is 5.43 Å². The summed E-state index contributed by atoms with van der Waals surface area (Å²) in [6, 6.07) is 6.74. The maximum atomic E-state index is 13.6. The average Bonchev–Trinajstić information content (AvgIpc) is 2.40. The molecule has 1 amide bonds. The summed E-state index contributed by atoms with van der Waals surface area (Å²) in [7, 11) is 0. The zero-order valence-electron chi connectivity index (χ0n) is 10.1. The van der Waals surface area contributed by atoms with Crippen LogP contribution >= 0.6 is 0 Å². The normalized spacial score (nSPS) is 16.7. The van der Waals surface area contributed by atoms with Crippen LogP contribution in [0, 0.1) is 5.82 Å². The quantitative estimate of drug-likeness (QED) is 0.449. The summed E-state index contributed by atoms with van der Waals surface area (Å²) >= 11 is 0. The minimum Gasteiger partial charge on any atom is -0.367 e. The van der Waals surface area contributed by atoms with E-state index < -0.39 is 0 Å². The Kier molecular flexibility index (Phi) is 4.11. The third kappa shape index (κ3) is 2.96. The van der Waals surface area contributed by atoms with Crippen molar-refractivity contribution in [2.45, 2.75) is 0 Å². The average molecular weight is 252 g/mol. The fourth-order valence-electron chi connectivity index (χ4n) is 2.10. The monoisotopic (exact) mass is 252 g/mol. The Morgan fingerprint density at radius 3 is 2.56 bits per heavy atom. The zero-order chi connectivity index (χ0) is 13.0. The highest BCUT2D eigenvalue weighted by molar-refractivity contribution is 5.77. The second kappa shape index (κ2) is 5.79. The lowest BCUT2D eigenvalue weighted by molar-refractivity contribution is -0.122. The number of nitrogens with one attached hydrogen (secondary N) is 1. The van der Waals surface area contributed by atoms with Crippen molar-refractivity contribution >= 4 is 11.6 Å². The number of carbonyl (C=O) groups is 1. The molecule has 6 heteroatoms. The van der Waals surface area contributed by atoms with Crippen LogP contribution in [0.2, 0.25) is 0 Å². The van der Waals surface area contributed by atoms with Crippen LogP contribution in [-0.4, -0.2) is 43.5 Å². The highest BCUT2D eigenvalue weighted by Crippen LogP contribution is 2.19. The molecule has 0 bridgehead atoms. The first kappa shape index (κ1) is 12.8. The van der Waals surface area contributed by atoms with Crippen molar-refractivity contribution in [2.75, 3.05) is 37.6 Å². The van der Waals surface area contributed by atoms with Gasteiger partial charge in [-0.25, -0.2) is 10.2 Å². The van der Waals surface area contributed by atoms with Crippen molar-refractivity contribution in [3.63, 3.8) is 0 Å². The number of amides is 1. The molecule has 0 aliphatic carbocycles. The van der Waals surface area contributed by atoms with E-state index in [4.69, 9.17) is 5.84 Å². The van der Waals surface area contributed by atoms with Gasteiger partial charge in [0.1, 0.15) is 5.82 Å². The molecule has 3 N–H and O–H groups in total. The Bertz CT molecular complexity index is 418. The van der Waals surface area contributed by atoms with Crippen LogP contribution in [0.4, 0.5) is 10.1 Å². The van der Waals surface area contributed by atoms with Crippen molar-refractivity contribution in [1.29, 1.82) is 0 Å². The highest BCUT2D eigenvalue weighted by atomic mass is 19.1. The van der Waals surface area contributed by atoms with Crippen LogP contribution in [0.25, 0.3) is 0 Å². The van der Waals surface area contributed by atoms with Crippen LogP contribution in [0.1, 0.15) is 0 Å². The molecular formula is C12H17FN4O. The number of hydrogen-bond acceptors (Lipinski definition) is 4. The summed E-state index contributed by atoms with van der Waals surface area (Å²) in [5.41, 5.74) is 2.74. The van der Waals surface area contributed by atoms with Crippen molar-refractivity contribution in [3.8, 4) is 0 Å². The molecule has 2 rings (SSSR count). The number of rotatable bonds is 3. The minimum atomic E-state index is -0.203. The van der Waals surface area contributed by atoms with Gasteiger partial charge in [0.25, 0.3) is 0 Å². The Labute approximate surface area is 105 Å². The van der Waals surface area contributed by atoms with E-state index >= 15 is 0 Å². The third-order valence-electron chi connectivity index (χ3n) is 3.09. The summed E-state index contributed by atoms with van der Waals surface area (Å²) in [5, 5.41) is 0. The molecule has 1 saturated heterocycles. The molecule has 98 valence electrons. The second-order valence-corrected chi connectivity index (χ2v) is 4.28. The standard InChI is InChI=1S/C12H17FN4O/c13-10-3-1-2-4-11(10)17-7-5-16(6-8-17)9-12(18)15-14/h1-4H,5-9,14H2,(H,15,18). The molecule has 1 aromatic carbocycles. The van der Waals surface area contributed by atoms with Gasteiger partial charge in [0.05, 0.1) is 12.2 Å². The molecule has 0 atom stereocenters. The van der Waals surface area contributed by atoms with Crippen LogP contribution < -0.4 is 16.2 Å². The molecule has 1 fully saturated rings. The number of anilines is 1. The van der Waals surface area contributed by atoms with Gasteiger partial charge in [-0.05, 0) is 12.1 Å². The predicted molar refractivity (Wildman–Crippen MR) is 67.4 cm³/mol. The lowest BCUT2D eigenvalue weighted by atomic mass is 10.2. The smallest absolute Gasteiger partial charge is 0.248 e. The van der Waals surface area contributed by atoms with E-state index in [-0.39, 0.29) is 11.7 Å². The molecule has 0 aromatic heterocycles. The lowest BCUT2D eigenvalue weighted by Gasteiger charge is -2.35. The maximum absolute atomic E-state index is 13.6. The molecule has 5 nitrogen and oxygen atoms in total. The molecular weight excluding hydrogens is 235 g/mol. The van der Waals surface area contributed by atoms with Crippen molar-refractivity contribution < 1.29 is 9.18 Å². The van der Waals surface area contributed by atoms with Gasteiger partial charge in [0, 0.05) is 26.2 Å². The van der Waals surface area contributed by atoms with Crippen LogP contribution in [-0.2, 0) is 4.79 Å². The van der Waals surface area contributed by atoms with E-state index in [9.17, 15) is 9.18 Å². The number of benzene rings is 1. The summed E-state index contributed by atoms with van der Waals surface area (Å²) in [4.78, 5) is 15.1. The van der Waals surface area contributed by atoms with Gasteiger partial charge in [-0.2, -0.15) is 0 Å². The number of hydrazine groups is 1. The summed E-state index contributed by atoms with van der Waals surface area (Å²) in [5.74, 6) is 4.64. The molecule has 1 aliphatic rings. The van der Waals surface area contributed by atoms with Gasteiger partial charge in [0.15, 0.2) is 0 Å². The van der Waals surface area contributed by atoms with Crippen LogP contribution in [0.5, 0.6) is 0 Å². The van der Waals surface area contributed by atoms with Crippen LogP contribution in [0.15, 0.2) is 24.3 Å². The third-order valence-corrected chi connectivity index (χ3v) is 3.09. The molecule has 1 heterocycles. The van der Waals surface area contributed by atoms with E-state index in [1.165, 1.54) is 6.07 Å². The fraction of sp³-hybridized carbons (Fsp3) is 0.417.